The second-order valence-electron chi connectivity index (χ2n) is 5.47. The van der Waals surface area contributed by atoms with Gasteiger partial charge in [0.1, 0.15) is 10.3 Å². The van der Waals surface area contributed by atoms with Crippen LogP contribution in [0.4, 0.5) is 0 Å². The molecule has 0 spiro atoms. The van der Waals surface area contributed by atoms with Crippen LogP contribution in [0.25, 0.3) is 0 Å². The number of alkyl halides is 2. The summed E-state index contributed by atoms with van der Waals surface area (Å²) >= 11 is 18.3. The lowest BCUT2D eigenvalue weighted by Crippen LogP contribution is -2.48. The van der Waals surface area contributed by atoms with Crippen molar-refractivity contribution in [2.24, 2.45) is 4.40 Å². The molecule has 0 amide bonds. The van der Waals surface area contributed by atoms with E-state index in [4.69, 9.17) is 34.8 Å². The van der Waals surface area contributed by atoms with E-state index in [9.17, 15) is 13.2 Å². The summed E-state index contributed by atoms with van der Waals surface area (Å²) in [6.45, 7) is 4.72. The van der Waals surface area contributed by atoms with Crippen molar-refractivity contribution in [2.45, 2.75) is 35.9 Å². The number of hydrogen-bond acceptors (Lipinski definition) is 3. The van der Waals surface area contributed by atoms with Crippen molar-refractivity contribution in [2.75, 3.05) is 0 Å². The Bertz CT molecular complexity index is 824. The Kier molecular flexibility index (Phi) is 4.98. The van der Waals surface area contributed by atoms with Gasteiger partial charge in [0.15, 0.2) is 5.78 Å². The summed E-state index contributed by atoms with van der Waals surface area (Å²) in [6, 6.07) is 6.23. The number of nitrogens with zero attached hydrogens (tertiary/aromatic N) is 1. The van der Waals surface area contributed by atoms with Gasteiger partial charge in [-0.15, -0.1) is 23.2 Å². The summed E-state index contributed by atoms with van der Waals surface area (Å²) in [6.07, 6.45) is 0. The Labute approximate surface area is 150 Å². The quantitative estimate of drug-likeness (QED) is 0.716. The van der Waals surface area contributed by atoms with E-state index in [1.54, 1.807) is 12.1 Å². The van der Waals surface area contributed by atoms with Crippen LogP contribution < -0.4 is 0 Å². The molecule has 2 rings (SSSR count). The number of ketones is 1. The van der Waals surface area contributed by atoms with E-state index >= 15 is 0 Å². The summed E-state index contributed by atoms with van der Waals surface area (Å²) in [5.41, 5.74) is 1.11. The molecule has 0 aliphatic heterocycles. The minimum absolute atomic E-state index is 0.0191. The molecule has 2 atom stereocenters. The van der Waals surface area contributed by atoms with Crippen molar-refractivity contribution in [3.63, 3.8) is 0 Å². The third-order valence-electron chi connectivity index (χ3n) is 3.61. The number of benzene rings is 1. The van der Waals surface area contributed by atoms with Gasteiger partial charge in [0.25, 0.3) is 10.0 Å². The zero-order valence-electron chi connectivity index (χ0n) is 12.6. The van der Waals surface area contributed by atoms with Crippen LogP contribution in [0.5, 0.6) is 0 Å². The number of aryl methyl sites for hydroxylation is 1. The minimum atomic E-state index is -3.99. The van der Waals surface area contributed by atoms with Crippen molar-refractivity contribution >= 4 is 56.3 Å². The SMILES string of the molecule is CC1=C(Cl)C(=O)[C@@](C)(Cl)[C@@H](Cl)C1=NS(=O)(=O)c1ccc(C)cc1. The molecule has 0 unspecified atom stereocenters. The molecule has 0 saturated heterocycles. The van der Waals surface area contributed by atoms with Crippen molar-refractivity contribution in [3.8, 4) is 0 Å². The first kappa shape index (κ1) is 18.5. The van der Waals surface area contributed by atoms with Gasteiger partial charge >= 0.3 is 0 Å². The van der Waals surface area contributed by atoms with Crippen molar-refractivity contribution in [1.29, 1.82) is 0 Å². The third kappa shape index (κ3) is 3.33. The summed E-state index contributed by atoms with van der Waals surface area (Å²) < 4.78 is 28.7. The summed E-state index contributed by atoms with van der Waals surface area (Å²) in [7, 11) is -3.99. The summed E-state index contributed by atoms with van der Waals surface area (Å²) in [4.78, 5) is 10.5. The largest absolute Gasteiger partial charge is 0.291 e. The Morgan fingerprint density at radius 2 is 1.70 bits per heavy atom. The van der Waals surface area contributed by atoms with Crippen LogP contribution in [0.15, 0.2) is 44.2 Å². The van der Waals surface area contributed by atoms with E-state index in [0.717, 1.165) is 5.56 Å². The fourth-order valence-electron chi connectivity index (χ4n) is 2.07. The molecule has 0 radical (unpaired) electrons. The molecule has 1 aliphatic rings. The Hall–Kier alpha value is -0.880. The van der Waals surface area contributed by atoms with Gasteiger partial charge in [0.05, 0.1) is 15.6 Å². The zero-order chi connectivity index (χ0) is 17.6. The van der Waals surface area contributed by atoms with E-state index in [1.807, 2.05) is 6.92 Å². The maximum atomic E-state index is 12.5. The molecule has 1 aromatic rings. The predicted molar refractivity (Wildman–Crippen MR) is 93.3 cm³/mol. The Balaban J connectivity index is 2.61. The second kappa shape index (κ2) is 6.20. The van der Waals surface area contributed by atoms with Crippen molar-refractivity contribution in [1.82, 2.24) is 0 Å². The van der Waals surface area contributed by atoms with Gasteiger partial charge < -0.3 is 0 Å². The number of Topliss-reactive ketones (excluding diaryl/α,β-unsaturated/α-hetero) is 1. The molecular weight excluding hydrogens is 381 g/mol. The van der Waals surface area contributed by atoms with Crippen LogP contribution in [0.2, 0.25) is 0 Å². The maximum absolute atomic E-state index is 12.5. The van der Waals surface area contributed by atoms with E-state index in [1.165, 1.54) is 26.0 Å². The van der Waals surface area contributed by atoms with Gasteiger partial charge in [-0.1, -0.05) is 29.3 Å². The minimum Gasteiger partial charge on any atom is -0.291 e. The highest BCUT2D eigenvalue weighted by Gasteiger charge is 2.48. The van der Waals surface area contributed by atoms with Crippen LogP contribution in [0.3, 0.4) is 0 Å². The summed E-state index contributed by atoms with van der Waals surface area (Å²) in [5, 5.41) is -1.27. The maximum Gasteiger partial charge on any atom is 0.282 e. The molecule has 0 bridgehead atoms. The molecule has 0 saturated carbocycles. The topological polar surface area (TPSA) is 63.6 Å². The lowest BCUT2D eigenvalue weighted by molar-refractivity contribution is -0.117. The van der Waals surface area contributed by atoms with Gasteiger partial charge in [-0.2, -0.15) is 12.8 Å². The molecule has 0 heterocycles. The number of hydrogen-bond donors (Lipinski definition) is 0. The van der Waals surface area contributed by atoms with Crippen LogP contribution in [0, 0.1) is 6.92 Å². The van der Waals surface area contributed by atoms with Gasteiger partial charge in [-0.3, -0.25) is 4.79 Å². The number of sulfonamides is 1. The Morgan fingerprint density at radius 1 is 1.17 bits per heavy atom. The van der Waals surface area contributed by atoms with Gasteiger partial charge in [-0.05, 0) is 38.5 Å². The van der Waals surface area contributed by atoms with Gasteiger partial charge in [0, 0.05) is 0 Å². The smallest absolute Gasteiger partial charge is 0.282 e. The fourth-order valence-corrected chi connectivity index (χ4v) is 4.06. The third-order valence-corrected chi connectivity index (χ3v) is 6.51. The first-order valence-corrected chi connectivity index (χ1v) is 9.28. The summed E-state index contributed by atoms with van der Waals surface area (Å²) in [5.74, 6) is -0.551. The fraction of sp³-hybridized carbons (Fsp3) is 0.333. The molecule has 1 aliphatic carbocycles. The molecule has 4 nitrogen and oxygen atoms in total. The monoisotopic (exact) mass is 393 g/mol. The number of rotatable bonds is 2. The molecule has 0 fully saturated rings. The molecular formula is C15H14Cl3NO3S. The highest BCUT2D eigenvalue weighted by molar-refractivity contribution is 7.90. The van der Waals surface area contributed by atoms with Crippen LogP contribution in [-0.4, -0.2) is 30.2 Å². The van der Waals surface area contributed by atoms with E-state index in [-0.39, 0.29) is 21.2 Å². The molecule has 23 heavy (non-hydrogen) atoms. The van der Waals surface area contributed by atoms with Crippen LogP contribution in [-0.2, 0) is 14.8 Å². The first-order valence-electron chi connectivity index (χ1n) is 6.64. The van der Waals surface area contributed by atoms with Crippen LogP contribution in [0.1, 0.15) is 19.4 Å². The van der Waals surface area contributed by atoms with Gasteiger partial charge in [0.2, 0.25) is 0 Å². The lowest BCUT2D eigenvalue weighted by Gasteiger charge is -2.32. The second-order valence-corrected chi connectivity index (χ2v) is 8.67. The standard InChI is InChI=1S/C15H14Cl3NO3S/c1-8-4-6-10(7-5-8)23(21,22)19-12-9(2)11(16)14(20)15(3,18)13(12)17/h4-7,13H,1-3H3/t13-,15-/m0/s1. The molecule has 8 heteroatoms. The van der Waals surface area contributed by atoms with E-state index in [0.29, 0.717) is 0 Å². The van der Waals surface area contributed by atoms with Gasteiger partial charge in [-0.25, -0.2) is 0 Å². The first-order chi connectivity index (χ1) is 10.5. The van der Waals surface area contributed by atoms with E-state index < -0.39 is 26.1 Å². The lowest BCUT2D eigenvalue weighted by atomic mass is 9.87. The number of halogens is 3. The molecule has 0 aromatic heterocycles. The van der Waals surface area contributed by atoms with E-state index in [2.05, 4.69) is 4.40 Å². The normalized spacial score (nSPS) is 27.7. The Morgan fingerprint density at radius 3 is 2.22 bits per heavy atom. The zero-order valence-corrected chi connectivity index (χ0v) is 15.7. The van der Waals surface area contributed by atoms with Crippen LogP contribution >= 0.6 is 34.8 Å². The molecule has 1 aromatic carbocycles. The molecule has 0 N–H and O–H groups in total. The number of carbonyl (C=O) groups is 1. The average molecular weight is 395 g/mol. The predicted octanol–water partition coefficient (Wildman–Crippen LogP) is 3.83. The van der Waals surface area contributed by atoms with Crippen molar-refractivity contribution < 1.29 is 13.2 Å². The average Bonchev–Trinajstić information content (AvgIpc) is 2.49. The molecule has 124 valence electrons. The highest BCUT2D eigenvalue weighted by atomic mass is 35.5. The number of carbonyl (C=O) groups excluding carboxylic acids is 1. The number of allylic oxidation sites excluding steroid dienone is 2. The van der Waals surface area contributed by atoms with Crippen molar-refractivity contribution in [3.05, 3.63) is 40.4 Å². The highest BCUT2D eigenvalue weighted by Crippen LogP contribution is 2.38.